The van der Waals surface area contributed by atoms with Crippen LogP contribution in [0.5, 0.6) is 0 Å². The molecule has 4 N–H and O–H groups in total. The Bertz CT molecular complexity index is 391. The Morgan fingerprint density at radius 2 is 2.35 bits per heavy atom. The van der Waals surface area contributed by atoms with E-state index >= 15 is 0 Å². The molecule has 2 heterocycles. The number of thioether (sulfide) groups is 1. The number of hydrogen-bond acceptors (Lipinski definition) is 5. The lowest BCUT2D eigenvalue weighted by atomic mass is 10.0. The number of fused-ring (bicyclic) bond motifs is 1. The molecule has 0 aromatic rings. The van der Waals surface area contributed by atoms with Crippen LogP contribution in [0.4, 0.5) is 4.79 Å². The van der Waals surface area contributed by atoms with Crippen molar-refractivity contribution in [1.82, 2.24) is 10.6 Å². The van der Waals surface area contributed by atoms with Crippen LogP contribution < -0.4 is 16.4 Å². The average molecular weight is 299 g/mol. The van der Waals surface area contributed by atoms with Gasteiger partial charge in [0.25, 0.3) is 0 Å². The van der Waals surface area contributed by atoms with Crippen LogP contribution in [0, 0.1) is 0 Å². The summed E-state index contributed by atoms with van der Waals surface area (Å²) in [5, 5.41) is 6.31. The lowest BCUT2D eigenvalue weighted by Gasteiger charge is -2.16. The van der Waals surface area contributed by atoms with E-state index in [4.69, 9.17) is 10.5 Å². The van der Waals surface area contributed by atoms with Crippen LogP contribution in [0.15, 0.2) is 12.7 Å². The lowest BCUT2D eigenvalue weighted by molar-refractivity contribution is -0.146. The van der Waals surface area contributed by atoms with Gasteiger partial charge in [-0.15, -0.1) is 0 Å². The number of hydrogen-bond donors (Lipinski definition) is 3. The fourth-order valence-electron chi connectivity index (χ4n) is 2.52. The minimum atomic E-state index is -0.714. The molecule has 2 rings (SSSR count). The second-order valence-electron chi connectivity index (χ2n) is 5.06. The highest BCUT2D eigenvalue weighted by Crippen LogP contribution is 2.33. The van der Waals surface area contributed by atoms with Crippen molar-refractivity contribution in [2.45, 2.75) is 49.2 Å². The van der Waals surface area contributed by atoms with Gasteiger partial charge in [-0.1, -0.05) is 13.0 Å². The van der Waals surface area contributed by atoms with E-state index in [1.54, 1.807) is 0 Å². The van der Waals surface area contributed by atoms with Crippen molar-refractivity contribution in [2.24, 2.45) is 5.73 Å². The number of esters is 1. The smallest absolute Gasteiger partial charge is 0.315 e. The summed E-state index contributed by atoms with van der Waals surface area (Å²) in [7, 11) is 0. The zero-order valence-corrected chi connectivity index (χ0v) is 12.2. The summed E-state index contributed by atoms with van der Waals surface area (Å²) in [6.45, 7) is 3.45. The van der Waals surface area contributed by atoms with E-state index in [-0.39, 0.29) is 24.1 Å². The fraction of sp³-hybridized carbons (Fsp3) is 0.692. The van der Waals surface area contributed by atoms with E-state index in [9.17, 15) is 9.59 Å². The molecule has 0 aromatic carbocycles. The average Bonchev–Trinajstić information content (AvgIpc) is 2.94. The summed E-state index contributed by atoms with van der Waals surface area (Å²) in [4.78, 5) is 22.7. The molecular formula is C13H21N3O3S. The number of unbranched alkanes of at least 4 members (excludes halogenated alkanes) is 1. The third-order valence-corrected chi connectivity index (χ3v) is 5.07. The van der Waals surface area contributed by atoms with Gasteiger partial charge in [0.05, 0.1) is 12.1 Å². The Morgan fingerprint density at radius 1 is 1.55 bits per heavy atom. The minimum Gasteiger partial charge on any atom is -0.443 e. The predicted molar refractivity (Wildman–Crippen MR) is 78.2 cm³/mol. The van der Waals surface area contributed by atoms with Gasteiger partial charge in [-0.2, -0.15) is 11.8 Å². The van der Waals surface area contributed by atoms with E-state index in [2.05, 4.69) is 17.2 Å². The van der Waals surface area contributed by atoms with Crippen LogP contribution in [0.25, 0.3) is 0 Å². The number of rotatable bonds is 7. The van der Waals surface area contributed by atoms with Crippen molar-refractivity contribution >= 4 is 23.8 Å². The first kappa shape index (κ1) is 15.2. The summed E-state index contributed by atoms with van der Waals surface area (Å²) in [5.74, 6) is 0.676. The first-order chi connectivity index (χ1) is 9.60. The van der Waals surface area contributed by atoms with Crippen LogP contribution in [-0.2, 0) is 9.53 Å². The third-order valence-electron chi connectivity index (χ3n) is 3.56. The van der Waals surface area contributed by atoms with E-state index in [1.165, 1.54) is 6.08 Å². The monoisotopic (exact) mass is 299 g/mol. The fourth-order valence-corrected chi connectivity index (χ4v) is 4.06. The SMILES string of the molecule is C=CC(N)OC(=O)CCCC[C@@H]1SC[C@@H]2NC(=O)N[C@@H]21. The van der Waals surface area contributed by atoms with Crippen LogP contribution in [0.3, 0.4) is 0 Å². The summed E-state index contributed by atoms with van der Waals surface area (Å²) in [6, 6.07) is 0.425. The second-order valence-corrected chi connectivity index (χ2v) is 6.33. The first-order valence-electron chi connectivity index (χ1n) is 6.86. The maximum Gasteiger partial charge on any atom is 0.315 e. The van der Waals surface area contributed by atoms with E-state index < -0.39 is 6.23 Å². The molecular weight excluding hydrogens is 278 g/mol. The molecule has 2 amide bonds. The van der Waals surface area contributed by atoms with Gasteiger partial charge in [-0.3, -0.25) is 10.5 Å². The van der Waals surface area contributed by atoms with E-state index in [1.807, 2.05) is 11.8 Å². The molecule has 0 bridgehead atoms. The topological polar surface area (TPSA) is 93.4 Å². The summed E-state index contributed by atoms with van der Waals surface area (Å²) < 4.78 is 4.90. The van der Waals surface area contributed by atoms with Gasteiger partial charge in [0.2, 0.25) is 0 Å². The molecule has 0 radical (unpaired) electrons. The van der Waals surface area contributed by atoms with Crippen molar-refractivity contribution in [2.75, 3.05) is 5.75 Å². The highest BCUT2D eigenvalue weighted by molar-refractivity contribution is 8.00. The molecule has 2 aliphatic rings. The predicted octanol–water partition coefficient (Wildman–Crippen LogP) is 0.726. The second kappa shape index (κ2) is 6.99. The van der Waals surface area contributed by atoms with Crippen molar-refractivity contribution in [1.29, 1.82) is 0 Å². The van der Waals surface area contributed by atoms with Gasteiger partial charge >= 0.3 is 12.0 Å². The summed E-state index contributed by atoms with van der Waals surface area (Å²) in [6.07, 6.45) is 3.76. The Morgan fingerprint density at radius 3 is 3.10 bits per heavy atom. The molecule has 0 aromatic heterocycles. The van der Waals surface area contributed by atoms with Gasteiger partial charge in [-0.25, -0.2) is 4.79 Å². The van der Waals surface area contributed by atoms with E-state index in [0.29, 0.717) is 11.7 Å². The minimum absolute atomic E-state index is 0.0627. The maximum absolute atomic E-state index is 11.4. The summed E-state index contributed by atoms with van der Waals surface area (Å²) >= 11 is 1.88. The summed E-state index contributed by atoms with van der Waals surface area (Å²) in [5.41, 5.74) is 5.44. The Hall–Kier alpha value is -1.21. The van der Waals surface area contributed by atoms with Crippen molar-refractivity contribution < 1.29 is 14.3 Å². The third kappa shape index (κ3) is 3.89. The zero-order valence-electron chi connectivity index (χ0n) is 11.3. The van der Waals surface area contributed by atoms with Crippen molar-refractivity contribution in [3.8, 4) is 0 Å². The number of nitrogens with one attached hydrogen (secondary N) is 2. The molecule has 2 fully saturated rings. The van der Waals surface area contributed by atoms with Crippen LogP contribution in [0.1, 0.15) is 25.7 Å². The maximum atomic E-state index is 11.4. The molecule has 6 nitrogen and oxygen atoms in total. The zero-order chi connectivity index (χ0) is 14.5. The molecule has 0 aliphatic carbocycles. The number of amides is 2. The van der Waals surface area contributed by atoms with Crippen LogP contribution in [-0.4, -0.2) is 41.3 Å². The van der Waals surface area contributed by atoms with Gasteiger partial charge < -0.3 is 15.4 Å². The molecule has 20 heavy (non-hydrogen) atoms. The molecule has 7 heteroatoms. The number of carbonyl (C=O) groups is 2. The molecule has 0 saturated carbocycles. The lowest BCUT2D eigenvalue weighted by Crippen LogP contribution is -2.36. The van der Waals surface area contributed by atoms with Gasteiger partial charge in [-0.05, 0) is 18.9 Å². The molecule has 4 atom stereocenters. The van der Waals surface area contributed by atoms with Crippen LogP contribution >= 0.6 is 11.8 Å². The number of nitrogens with two attached hydrogens (primary N) is 1. The Labute approximate surface area is 122 Å². The van der Waals surface area contributed by atoms with Crippen molar-refractivity contribution in [3.05, 3.63) is 12.7 Å². The quantitative estimate of drug-likeness (QED) is 0.212. The standard InChI is InChI=1S/C13H21N3O3S/c1-2-10(14)19-11(17)6-4-3-5-9-12-8(7-20-9)15-13(18)16-12/h2,8-10,12H,1,3-7,14H2,(H2,15,16,18)/t8-,9-,10?,12-/m0/s1. The molecule has 2 saturated heterocycles. The van der Waals surface area contributed by atoms with Gasteiger partial charge in [0, 0.05) is 17.4 Å². The van der Waals surface area contributed by atoms with Gasteiger partial charge in [0.1, 0.15) is 0 Å². The number of ether oxygens (including phenoxy) is 1. The molecule has 112 valence electrons. The van der Waals surface area contributed by atoms with Gasteiger partial charge in [0.15, 0.2) is 6.23 Å². The van der Waals surface area contributed by atoms with Crippen molar-refractivity contribution in [3.63, 3.8) is 0 Å². The Balaban J connectivity index is 1.61. The highest BCUT2D eigenvalue weighted by atomic mass is 32.2. The first-order valence-corrected chi connectivity index (χ1v) is 7.91. The molecule has 0 spiro atoms. The molecule has 1 unspecified atom stereocenters. The number of carbonyl (C=O) groups excluding carboxylic acids is 2. The van der Waals surface area contributed by atoms with Crippen LogP contribution in [0.2, 0.25) is 0 Å². The largest absolute Gasteiger partial charge is 0.443 e. The Kier molecular flexibility index (Phi) is 5.31. The molecule has 2 aliphatic heterocycles. The normalized spacial score (nSPS) is 29.2. The highest BCUT2D eigenvalue weighted by Gasteiger charge is 2.42. The van der Waals surface area contributed by atoms with E-state index in [0.717, 1.165) is 25.0 Å². The number of urea groups is 1.